The molecule has 39 heavy (non-hydrogen) atoms. The number of esters is 2. The average Bonchev–Trinajstić information content (AvgIpc) is 3.22. The second kappa shape index (κ2) is 10.7. The minimum absolute atomic E-state index is 0.169. The maximum atomic E-state index is 13.9. The predicted molar refractivity (Wildman–Crippen MR) is 149 cm³/mol. The van der Waals surface area contributed by atoms with Gasteiger partial charge in [-0.15, -0.1) is 0 Å². The third-order valence-corrected chi connectivity index (χ3v) is 7.37. The fourth-order valence-corrected chi connectivity index (χ4v) is 5.76. The highest BCUT2D eigenvalue weighted by molar-refractivity contribution is 7.07. The third-order valence-electron chi connectivity index (χ3n) is 6.38. The Morgan fingerprint density at radius 1 is 1.08 bits per heavy atom. The lowest BCUT2D eigenvalue weighted by atomic mass is 9.95. The molecule has 4 aromatic rings. The van der Waals surface area contributed by atoms with Gasteiger partial charge in [-0.1, -0.05) is 59.9 Å². The van der Waals surface area contributed by atoms with Crippen molar-refractivity contribution in [2.75, 3.05) is 13.7 Å². The van der Waals surface area contributed by atoms with E-state index in [1.807, 2.05) is 48.5 Å². The fraction of sp³-hybridized carbons (Fsp3) is 0.200. The molecule has 1 aliphatic rings. The van der Waals surface area contributed by atoms with E-state index in [-0.39, 0.29) is 23.5 Å². The number of hydrogen-bond acceptors (Lipinski definition) is 8. The van der Waals surface area contributed by atoms with E-state index in [9.17, 15) is 14.4 Å². The van der Waals surface area contributed by atoms with Crippen molar-refractivity contribution in [2.24, 2.45) is 4.99 Å². The maximum absolute atomic E-state index is 13.9. The van der Waals surface area contributed by atoms with E-state index in [2.05, 4.69) is 4.99 Å². The van der Waals surface area contributed by atoms with Gasteiger partial charge in [0.15, 0.2) is 16.3 Å². The summed E-state index contributed by atoms with van der Waals surface area (Å²) in [5.74, 6) is -0.533. The lowest BCUT2D eigenvalue weighted by Gasteiger charge is -2.25. The quantitative estimate of drug-likeness (QED) is 0.271. The van der Waals surface area contributed by atoms with Crippen molar-refractivity contribution in [1.82, 2.24) is 4.57 Å². The van der Waals surface area contributed by atoms with Crippen molar-refractivity contribution in [2.45, 2.75) is 26.8 Å². The summed E-state index contributed by atoms with van der Waals surface area (Å²) in [4.78, 5) is 43.8. The van der Waals surface area contributed by atoms with Crippen molar-refractivity contribution in [1.29, 1.82) is 0 Å². The van der Waals surface area contributed by atoms with Crippen LogP contribution in [0.4, 0.5) is 0 Å². The van der Waals surface area contributed by atoms with Crippen LogP contribution in [0, 0.1) is 0 Å². The van der Waals surface area contributed by atoms with Crippen LogP contribution < -0.4 is 24.4 Å². The summed E-state index contributed by atoms with van der Waals surface area (Å²) in [5.41, 5.74) is 1.92. The van der Waals surface area contributed by atoms with Gasteiger partial charge in [0.1, 0.15) is 0 Å². The zero-order chi connectivity index (χ0) is 27.7. The molecule has 0 amide bonds. The van der Waals surface area contributed by atoms with Crippen molar-refractivity contribution in [3.63, 3.8) is 0 Å². The standard InChI is InChI=1S/C30H26N2O6S/c1-5-37-29(35)26-17(2)31-30-32(27(26)21-13-14-23(38-18(3)33)24(15-21)36-4)28(34)25(39-30)16-20-11-8-10-19-9-6-7-12-22(19)20/h6-16,27H,5H2,1-4H3. The Morgan fingerprint density at radius 3 is 2.59 bits per heavy atom. The van der Waals surface area contributed by atoms with Crippen LogP contribution in [0.2, 0.25) is 0 Å². The molecule has 198 valence electrons. The van der Waals surface area contributed by atoms with Crippen LogP contribution in [0.1, 0.15) is 37.9 Å². The summed E-state index contributed by atoms with van der Waals surface area (Å²) in [7, 11) is 1.45. The highest BCUT2D eigenvalue weighted by Gasteiger charge is 2.34. The first-order valence-electron chi connectivity index (χ1n) is 12.4. The van der Waals surface area contributed by atoms with Gasteiger partial charge in [-0.3, -0.25) is 14.2 Å². The predicted octanol–water partition coefficient (Wildman–Crippen LogP) is 3.89. The molecule has 1 unspecified atom stereocenters. The number of carbonyl (C=O) groups is 2. The molecule has 3 aromatic carbocycles. The number of nitrogens with zero attached hydrogens (tertiary/aromatic N) is 2. The number of carbonyl (C=O) groups excluding carboxylic acids is 2. The third kappa shape index (κ3) is 4.88. The number of methoxy groups -OCH3 is 1. The number of aromatic nitrogens is 1. The summed E-state index contributed by atoms with van der Waals surface area (Å²) in [6.45, 7) is 4.92. The number of thiazole rings is 1. The first-order valence-corrected chi connectivity index (χ1v) is 13.2. The molecule has 2 heterocycles. The van der Waals surface area contributed by atoms with Crippen LogP contribution >= 0.6 is 11.3 Å². The molecule has 9 heteroatoms. The second-order valence-corrected chi connectivity index (χ2v) is 9.88. The van der Waals surface area contributed by atoms with Crippen LogP contribution in [-0.4, -0.2) is 30.2 Å². The van der Waals surface area contributed by atoms with Crippen LogP contribution in [0.15, 0.2) is 81.7 Å². The molecule has 1 aliphatic heterocycles. The molecule has 1 atom stereocenters. The van der Waals surface area contributed by atoms with Gasteiger partial charge >= 0.3 is 11.9 Å². The molecule has 5 rings (SSSR count). The molecule has 0 saturated heterocycles. The van der Waals surface area contributed by atoms with E-state index in [4.69, 9.17) is 14.2 Å². The smallest absolute Gasteiger partial charge is 0.338 e. The van der Waals surface area contributed by atoms with Gasteiger partial charge in [0.25, 0.3) is 5.56 Å². The van der Waals surface area contributed by atoms with E-state index in [1.54, 1.807) is 32.0 Å². The second-order valence-electron chi connectivity index (χ2n) is 8.87. The van der Waals surface area contributed by atoms with E-state index in [0.29, 0.717) is 26.3 Å². The zero-order valence-corrected chi connectivity index (χ0v) is 22.7. The molecule has 0 saturated carbocycles. The van der Waals surface area contributed by atoms with Crippen LogP contribution in [0.3, 0.4) is 0 Å². The van der Waals surface area contributed by atoms with Crippen molar-refractivity contribution in [3.05, 3.63) is 103 Å². The van der Waals surface area contributed by atoms with Gasteiger partial charge in [-0.2, -0.15) is 0 Å². The van der Waals surface area contributed by atoms with Gasteiger partial charge in [0, 0.05) is 6.92 Å². The molecular formula is C30H26N2O6S. The summed E-state index contributed by atoms with van der Waals surface area (Å²) >= 11 is 1.26. The van der Waals surface area contributed by atoms with Crippen LogP contribution in [-0.2, 0) is 14.3 Å². The number of benzene rings is 3. The van der Waals surface area contributed by atoms with Gasteiger partial charge in [0.05, 0.1) is 35.6 Å². The maximum Gasteiger partial charge on any atom is 0.338 e. The summed E-state index contributed by atoms with van der Waals surface area (Å²) in [6.07, 6.45) is 1.86. The summed E-state index contributed by atoms with van der Waals surface area (Å²) in [6, 6.07) is 18.0. The number of allylic oxidation sites excluding steroid dienone is 1. The first kappa shape index (κ1) is 26.1. The van der Waals surface area contributed by atoms with Crippen molar-refractivity contribution < 1.29 is 23.8 Å². The summed E-state index contributed by atoms with van der Waals surface area (Å²) in [5, 5.41) is 2.09. The average molecular weight is 543 g/mol. The summed E-state index contributed by atoms with van der Waals surface area (Å²) < 4.78 is 18.1. The number of rotatable bonds is 6. The van der Waals surface area contributed by atoms with Crippen molar-refractivity contribution >= 4 is 40.1 Å². The molecule has 0 bridgehead atoms. The number of hydrogen-bond donors (Lipinski definition) is 0. The monoisotopic (exact) mass is 542 g/mol. The Morgan fingerprint density at radius 2 is 1.85 bits per heavy atom. The molecule has 0 aliphatic carbocycles. The van der Waals surface area contributed by atoms with Gasteiger partial charge in [0.2, 0.25) is 0 Å². The van der Waals surface area contributed by atoms with E-state index in [1.165, 1.54) is 29.9 Å². The first-order chi connectivity index (χ1) is 18.8. The Balaban J connectivity index is 1.74. The van der Waals surface area contributed by atoms with Gasteiger partial charge in [-0.25, -0.2) is 9.79 Å². The molecule has 1 aromatic heterocycles. The lowest BCUT2D eigenvalue weighted by molar-refractivity contribution is -0.139. The molecule has 0 N–H and O–H groups in total. The minimum atomic E-state index is -0.824. The molecule has 8 nitrogen and oxygen atoms in total. The Labute approximate surface area is 228 Å². The largest absolute Gasteiger partial charge is 0.493 e. The van der Waals surface area contributed by atoms with Gasteiger partial charge in [-0.05, 0) is 54.0 Å². The number of fused-ring (bicyclic) bond motifs is 2. The molecular weight excluding hydrogens is 516 g/mol. The molecule has 0 radical (unpaired) electrons. The zero-order valence-electron chi connectivity index (χ0n) is 21.9. The molecule has 0 spiro atoms. The number of ether oxygens (including phenoxy) is 3. The highest BCUT2D eigenvalue weighted by atomic mass is 32.1. The topological polar surface area (TPSA) is 96.2 Å². The normalized spacial score (nSPS) is 15.1. The lowest BCUT2D eigenvalue weighted by Crippen LogP contribution is -2.40. The van der Waals surface area contributed by atoms with E-state index in [0.717, 1.165) is 16.3 Å². The fourth-order valence-electron chi connectivity index (χ4n) is 4.72. The highest BCUT2D eigenvalue weighted by Crippen LogP contribution is 2.36. The minimum Gasteiger partial charge on any atom is -0.493 e. The Kier molecular flexibility index (Phi) is 7.17. The van der Waals surface area contributed by atoms with E-state index >= 15 is 0 Å². The molecule has 0 fully saturated rings. The Bertz CT molecular complexity index is 1830. The van der Waals surface area contributed by atoms with Crippen LogP contribution in [0.25, 0.3) is 16.8 Å². The van der Waals surface area contributed by atoms with Crippen LogP contribution in [0.5, 0.6) is 11.5 Å². The Hall–Kier alpha value is -4.50. The van der Waals surface area contributed by atoms with Crippen molar-refractivity contribution in [3.8, 4) is 11.5 Å². The SMILES string of the molecule is CCOC(=O)C1=C(C)N=c2sc(=Cc3cccc4ccccc34)c(=O)n2C1c1ccc(OC(C)=O)c(OC)c1. The van der Waals surface area contributed by atoms with E-state index < -0.39 is 18.0 Å². The van der Waals surface area contributed by atoms with Gasteiger partial charge < -0.3 is 14.2 Å².